The van der Waals surface area contributed by atoms with Crippen LogP contribution >= 0.6 is 0 Å². The first-order chi connectivity index (χ1) is 13.9. The smallest absolute Gasteiger partial charge is 0.341 e. The average Bonchev–Trinajstić information content (AvgIpc) is 2.97. The predicted molar refractivity (Wildman–Crippen MR) is 108 cm³/mol. The number of benzene rings is 2. The summed E-state index contributed by atoms with van der Waals surface area (Å²) in [6.45, 7) is 3.77. The fraction of sp³-hybridized carbons (Fsp3) is 0.286. The Bertz CT molecular complexity index is 1080. The van der Waals surface area contributed by atoms with Crippen LogP contribution in [0.3, 0.4) is 0 Å². The molecule has 0 aliphatic carbocycles. The summed E-state index contributed by atoms with van der Waals surface area (Å²) < 4.78 is 8.22. The maximum atomic E-state index is 12.6. The van der Waals surface area contributed by atoms with Gasteiger partial charge in [0.2, 0.25) is 5.91 Å². The van der Waals surface area contributed by atoms with Gasteiger partial charge in [-0.05, 0) is 43.7 Å². The van der Waals surface area contributed by atoms with Crippen molar-refractivity contribution in [3.8, 4) is 5.75 Å². The molecule has 0 aliphatic heterocycles. The number of hydrogen-bond acceptors (Lipinski definition) is 4. The molecule has 1 heterocycles. The Morgan fingerprint density at radius 1 is 1.07 bits per heavy atom. The molecular weight excluding hydrogens is 374 g/mol. The lowest BCUT2D eigenvalue weighted by Crippen LogP contribution is -2.34. The molecule has 152 valence electrons. The highest BCUT2D eigenvalue weighted by molar-refractivity contribution is 5.81. The number of carbonyl (C=O) groups excluding carboxylic acids is 1. The van der Waals surface area contributed by atoms with Gasteiger partial charge in [-0.1, -0.05) is 24.3 Å². The van der Waals surface area contributed by atoms with Crippen molar-refractivity contribution in [2.24, 2.45) is 0 Å². The summed E-state index contributed by atoms with van der Waals surface area (Å²) in [5.41, 5.74) is 2.15. The van der Waals surface area contributed by atoms with Crippen molar-refractivity contribution in [2.45, 2.75) is 33.0 Å². The van der Waals surface area contributed by atoms with Crippen molar-refractivity contribution in [3.05, 3.63) is 64.6 Å². The minimum Gasteiger partial charge on any atom is -0.482 e. The first-order valence-corrected chi connectivity index (χ1v) is 9.32. The highest BCUT2D eigenvalue weighted by atomic mass is 16.5. The van der Waals surface area contributed by atoms with Crippen LogP contribution in [0.5, 0.6) is 5.75 Å². The number of fused-ring (bicyclic) bond motifs is 1. The molecule has 1 atom stereocenters. The van der Waals surface area contributed by atoms with Gasteiger partial charge in [0.15, 0.2) is 6.61 Å². The number of nitrogens with one attached hydrogen (secondary N) is 1. The van der Waals surface area contributed by atoms with Crippen molar-refractivity contribution >= 4 is 22.9 Å². The quantitative estimate of drug-likeness (QED) is 0.606. The first-order valence-electron chi connectivity index (χ1n) is 9.32. The number of carbonyl (C=O) groups is 2. The van der Waals surface area contributed by atoms with Crippen LogP contribution < -0.4 is 15.7 Å². The number of aromatic nitrogens is 2. The number of nitrogens with zero attached hydrogens (tertiary/aromatic N) is 2. The number of imidazole rings is 1. The molecule has 3 aromatic rings. The number of carboxylic acid groups (broad SMARTS) is 1. The Morgan fingerprint density at radius 3 is 2.28 bits per heavy atom. The molecular formula is C21H23N3O5. The predicted octanol–water partition coefficient (Wildman–Crippen LogP) is 2.16. The second-order valence-corrected chi connectivity index (χ2v) is 6.64. The van der Waals surface area contributed by atoms with E-state index in [1.54, 1.807) is 28.8 Å². The number of rotatable bonds is 8. The third-order valence-electron chi connectivity index (χ3n) is 4.66. The minimum absolute atomic E-state index is 0.0729. The van der Waals surface area contributed by atoms with Crippen molar-refractivity contribution in [2.75, 3.05) is 6.61 Å². The molecule has 0 spiro atoms. The van der Waals surface area contributed by atoms with Crippen LogP contribution in [0.1, 0.15) is 25.5 Å². The van der Waals surface area contributed by atoms with Crippen molar-refractivity contribution in [3.63, 3.8) is 0 Å². The molecule has 2 aromatic carbocycles. The van der Waals surface area contributed by atoms with E-state index in [1.807, 2.05) is 38.1 Å². The molecule has 2 N–H and O–H groups in total. The molecule has 3 rings (SSSR count). The summed E-state index contributed by atoms with van der Waals surface area (Å²) in [7, 11) is 0. The standard InChI is InChI=1S/C21H23N3O5/c1-3-23-17-6-4-5-7-18(17)24(21(23)28)12-19(25)22-14(2)15-8-10-16(11-9-15)29-13-20(26)27/h4-11,14H,3,12-13H2,1-2H3,(H,22,25)(H,26,27). The van der Waals surface area contributed by atoms with E-state index in [0.717, 1.165) is 16.6 Å². The zero-order valence-electron chi connectivity index (χ0n) is 16.3. The Balaban J connectivity index is 1.70. The molecule has 1 aromatic heterocycles. The second-order valence-electron chi connectivity index (χ2n) is 6.64. The maximum Gasteiger partial charge on any atom is 0.341 e. The van der Waals surface area contributed by atoms with Gasteiger partial charge in [-0.2, -0.15) is 0 Å². The number of amides is 1. The van der Waals surface area contributed by atoms with Gasteiger partial charge in [-0.25, -0.2) is 9.59 Å². The summed E-state index contributed by atoms with van der Waals surface area (Å²) in [4.78, 5) is 35.8. The SMILES string of the molecule is CCn1c(=O)n(CC(=O)NC(C)c2ccc(OCC(=O)O)cc2)c2ccccc21. The molecule has 0 saturated carbocycles. The molecule has 1 amide bonds. The van der Waals surface area contributed by atoms with Gasteiger partial charge in [0.1, 0.15) is 12.3 Å². The summed E-state index contributed by atoms with van der Waals surface area (Å²) >= 11 is 0. The van der Waals surface area contributed by atoms with Crippen LogP contribution in [-0.2, 0) is 22.7 Å². The van der Waals surface area contributed by atoms with E-state index >= 15 is 0 Å². The lowest BCUT2D eigenvalue weighted by Gasteiger charge is -2.15. The number of carboxylic acids is 1. The van der Waals surface area contributed by atoms with Crippen molar-refractivity contribution in [1.29, 1.82) is 0 Å². The number of aliphatic carboxylic acids is 1. The maximum absolute atomic E-state index is 12.6. The summed E-state index contributed by atoms with van der Waals surface area (Å²) in [5.74, 6) is -0.882. The average molecular weight is 397 g/mol. The van der Waals surface area contributed by atoms with Crippen LogP contribution in [0.15, 0.2) is 53.3 Å². The topological polar surface area (TPSA) is 103 Å². The fourth-order valence-corrected chi connectivity index (χ4v) is 3.24. The number of para-hydroxylation sites is 2. The van der Waals surface area contributed by atoms with E-state index in [0.29, 0.717) is 12.3 Å². The van der Waals surface area contributed by atoms with Crippen LogP contribution in [0.2, 0.25) is 0 Å². The van der Waals surface area contributed by atoms with E-state index in [1.165, 1.54) is 4.57 Å². The van der Waals surface area contributed by atoms with E-state index in [9.17, 15) is 14.4 Å². The normalized spacial score (nSPS) is 11.9. The summed E-state index contributed by atoms with van der Waals surface area (Å²) in [6.07, 6.45) is 0. The number of ether oxygens (including phenoxy) is 1. The molecule has 0 saturated heterocycles. The largest absolute Gasteiger partial charge is 0.482 e. The third-order valence-corrected chi connectivity index (χ3v) is 4.66. The van der Waals surface area contributed by atoms with E-state index in [4.69, 9.17) is 9.84 Å². The Hall–Kier alpha value is -3.55. The van der Waals surface area contributed by atoms with Gasteiger partial charge >= 0.3 is 11.7 Å². The highest BCUT2D eigenvalue weighted by Crippen LogP contribution is 2.18. The highest BCUT2D eigenvalue weighted by Gasteiger charge is 2.16. The van der Waals surface area contributed by atoms with Gasteiger partial charge in [0, 0.05) is 6.54 Å². The minimum atomic E-state index is -1.05. The van der Waals surface area contributed by atoms with E-state index in [2.05, 4.69) is 5.32 Å². The fourth-order valence-electron chi connectivity index (χ4n) is 3.24. The van der Waals surface area contributed by atoms with Gasteiger partial charge in [-0.3, -0.25) is 13.9 Å². The lowest BCUT2D eigenvalue weighted by atomic mass is 10.1. The molecule has 0 bridgehead atoms. The van der Waals surface area contributed by atoms with Crippen molar-refractivity contribution < 1.29 is 19.4 Å². The van der Waals surface area contributed by atoms with Gasteiger partial charge in [0.05, 0.1) is 17.1 Å². The molecule has 1 unspecified atom stereocenters. The molecule has 8 nitrogen and oxygen atoms in total. The molecule has 0 radical (unpaired) electrons. The van der Waals surface area contributed by atoms with Gasteiger partial charge in [-0.15, -0.1) is 0 Å². The van der Waals surface area contributed by atoms with Crippen LogP contribution in [0, 0.1) is 0 Å². The second kappa shape index (κ2) is 8.64. The molecule has 0 fully saturated rings. The zero-order valence-corrected chi connectivity index (χ0v) is 16.3. The Morgan fingerprint density at radius 2 is 1.69 bits per heavy atom. The molecule has 29 heavy (non-hydrogen) atoms. The van der Waals surface area contributed by atoms with E-state index < -0.39 is 12.6 Å². The van der Waals surface area contributed by atoms with E-state index in [-0.39, 0.29) is 24.2 Å². The third kappa shape index (κ3) is 4.48. The summed E-state index contributed by atoms with van der Waals surface area (Å²) in [6, 6.07) is 13.9. The molecule has 0 aliphatic rings. The summed E-state index contributed by atoms with van der Waals surface area (Å²) in [5, 5.41) is 11.5. The first kappa shape index (κ1) is 20.2. The number of aryl methyl sites for hydroxylation is 1. The van der Waals surface area contributed by atoms with Gasteiger partial charge < -0.3 is 15.2 Å². The zero-order chi connectivity index (χ0) is 21.0. The van der Waals surface area contributed by atoms with Crippen LogP contribution in [-0.4, -0.2) is 32.7 Å². The van der Waals surface area contributed by atoms with Gasteiger partial charge in [0.25, 0.3) is 0 Å². The Labute approximate surface area is 167 Å². The Kier molecular flexibility index (Phi) is 6.01. The number of hydrogen-bond donors (Lipinski definition) is 2. The molecule has 8 heteroatoms. The van der Waals surface area contributed by atoms with Crippen LogP contribution in [0.4, 0.5) is 0 Å². The lowest BCUT2D eigenvalue weighted by molar-refractivity contribution is -0.139. The van der Waals surface area contributed by atoms with Crippen LogP contribution in [0.25, 0.3) is 11.0 Å². The monoisotopic (exact) mass is 397 g/mol. The van der Waals surface area contributed by atoms with Crippen molar-refractivity contribution in [1.82, 2.24) is 14.5 Å².